The van der Waals surface area contributed by atoms with E-state index in [0.717, 1.165) is 55.4 Å². The van der Waals surface area contributed by atoms with Gasteiger partial charge in [0.15, 0.2) is 11.4 Å². The molecule has 2 aromatic heterocycles. The monoisotopic (exact) mass is 634 g/mol. The number of para-hydroxylation sites is 1. The summed E-state index contributed by atoms with van der Waals surface area (Å²) < 4.78 is 9.81. The van der Waals surface area contributed by atoms with Crippen LogP contribution in [0.25, 0.3) is 21.8 Å². The number of anilines is 1. The summed E-state index contributed by atoms with van der Waals surface area (Å²) in [4.78, 5) is 29.7. The number of nitrogens with zero attached hydrogens (tertiary/aromatic N) is 6. The fourth-order valence-corrected chi connectivity index (χ4v) is 6.82. The number of carboxylic acid groups (broad SMARTS) is 1. The number of benzene rings is 3. The quantitative estimate of drug-likeness (QED) is 0.163. The molecular formula is C36H38N6O5. The van der Waals surface area contributed by atoms with Crippen LogP contribution in [0, 0.1) is 0 Å². The van der Waals surface area contributed by atoms with Gasteiger partial charge in [0.05, 0.1) is 34.9 Å². The van der Waals surface area contributed by atoms with E-state index in [2.05, 4.69) is 27.1 Å². The third-order valence-corrected chi connectivity index (χ3v) is 9.48. The lowest BCUT2D eigenvalue weighted by molar-refractivity contribution is 0.0694. The van der Waals surface area contributed by atoms with Crippen molar-refractivity contribution in [2.75, 3.05) is 38.7 Å². The zero-order valence-electron chi connectivity index (χ0n) is 26.5. The lowest BCUT2D eigenvalue weighted by Gasteiger charge is -2.39. The van der Waals surface area contributed by atoms with Gasteiger partial charge in [-0.2, -0.15) is 5.11 Å². The molecule has 2 aliphatic rings. The second kappa shape index (κ2) is 12.6. The average molecular weight is 635 g/mol. The number of rotatable bonds is 10. The van der Waals surface area contributed by atoms with E-state index in [9.17, 15) is 19.8 Å². The molecular weight excluding hydrogens is 596 g/mol. The van der Waals surface area contributed by atoms with E-state index in [4.69, 9.17) is 4.74 Å². The number of piperidine rings is 1. The largest absolute Gasteiger partial charge is 0.493 e. The van der Waals surface area contributed by atoms with Gasteiger partial charge in [-0.05, 0) is 63.1 Å². The fraction of sp³-hybridized carbons (Fsp3) is 0.333. The van der Waals surface area contributed by atoms with E-state index < -0.39 is 11.4 Å². The zero-order chi connectivity index (χ0) is 32.7. The number of carboxylic acids is 1. The van der Waals surface area contributed by atoms with Gasteiger partial charge in [-0.3, -0.25) is 9.69 Å². The van der Waals surface area contributed by atoms with Crippen LogP contribution in [0.1, 0.15) is 42.1 Å². The predicted octanol–water partition coefficient (Wildman–Crippen LogP) is 6.72. The molecule has 7 rings (SSSR count). The molecule has 1 unspecified atom stereocenters. The van der Waals surface area contributed by atoms with Crippen LogP contribution < -0.4 is 15.1 Å². The van der Waals surface area contributed by atoms with Crippen molar-refractivity contribution in [1.82, 2.24) is 14.0 Å². The zero-order valence-corrected chi connectivity index (χ0v) is 26.5. The van der Waals surface area contributed by atoms with Crippen molar-refractivity contribution in [2.45, 2.75) is 44.3 Å². The van der Waals surface area contributed by atoms with Crippen LogP contribution in [0.4, 0.5) is 17.1 Å². The second-order valence-electron chi connectivity index (χ2n) is 12.4. The van der Waals surface area contributed by atoms with E-state index in [1.807, 2.05) is 69.8 Å². The first-order valence-corrected chi connectivity index (χ1v) is 16.1. The number of azo groups is 1. The van der Waals surface area contributed by atoms with Crippen LogP contribution in [0.5, 0.6) is 11.6 Å². The van der Waals surface area contributed by atoms with E-state index in [0.29, 0.717) is 41.1 Å². The summed E-state index contributed by atoms with van der Waals surface area (Å²) >= 11 is 0. The van der Waals surface area contributed by atoms with Gasteiger partial charge in [-0.1, -0.05) is 36.4 Å². The van der Waals surface area contributed by atoms with Gasteiger partial charge in [-0.15, -0.1) is 5.11 Å². The SMILES string of the molecule is COc1c(N2CCCC(N(C)CCn3c(O)c(N=Nc4ccccc4)c4ccccc43)C2)ccc2c(=O)c(C(=O)O)cn(C3CC3)c12. The molecule has 2 N–H and O–H groups in total. The molecule has 1 aliphatic carbocycles. The Hall–Kier alpha value is -5.16. The van der Waals surface area contributed by atoms with Gasteiger partial charge in [-0.25, -0.2) is 4.79 Å². The molecule has 11 nitrogen and oxygen atoms in total. The smallest absolute Gasteiger partial charge is 0.341 e. The minimum Gasteiger partial charge on any atom is -0.493 e. The third-order valence-electron chi connectivity index (χ3n) is 9.48. The standard InChI is InChI=1S/C36H38N6O5/c1-39(19-20-41-29-13-7-6-12-26(29)31(35(41)44)38-37-23-9-4-3-5-10-23)25-11-8-18-40(21-25)30-17-16-27-32(34(30)47-2)42(24-14-15-24)22-28(33(27)43)36(45)46/h3-7,9-10,12-13,16-17,22,24-25,44H,8,11,14-15,18-21H2,1-2H3,(H,45,46). The summed E-state index contributed by atoms with van der Waals surface area (Å²) in [6.45, 7) is 2.87. The summed E-state index contributed by atoms with van der Waals surface area (Å²) in [5.74, 6) is -0.517. The van der Waals surface area contributed by atoms with Crippen molar-refractivity contribution in [3.8, 4) is 11.6 Å². The summed E-state index contributed by atoms with van der Waals surface area (Å²) in [5, 5.41) is 31.0. The van der Waals surface area contributed by atoms with E-state index >= 15 is 0 Å². The number of hydrogen-bond donors (Lipinski definition) is 2. The highest BCUT2D eigenvalue weighted by molar-refractivity contribution is 5.97. The van der Waals surface area contributed by atoms with Crippen LogP contribution in [-0.2, 0) is 6.54 Å². The maximum Gasteiger partial charge on any atom is 0.341 e. The molecule has 3 aromatic carbocycles. The van der Waals surface area contributed by atoms with Crippen LogP contribution in [-0.4, -0.2) is 70.1 Å². The Morgan fingerprint density at radius 3 is 2.51 bits per heavy atom. The fourth-order valence-electron chi connectivity index (χ4n) is 6.82. The highest BCUT2D eigenvalue weighted by Gasteiger charge is 2.31. The van der Waals surface area contributed by atoms with Gasteiger partial charge in [0.2, 0.25) is 11.3 Å². The second-order valence-corrected chi connectivity index (χ2v) is 12.4. The number of hydrogen-bond acceptors (Lipinski definition) is 8. The highest BCUT2D eigenvalue weighted by atomic mass is 16.5. The summed E-state index contributed by atoms with van der Waals surface area (Å²) in [6, 6.07) is 21.4. The first-order chi connectivity index (χ1) is 22.9. The Balaban J connectivity index is 1.13. The molecule has 0 amide bonds. The van der Waals surface area contributed by atoms with Crippen LogP contribution in [0.15, 0.2) is 87.9 Å². The van der Waals surface area contributed by atoms with Gasteiger partial charge < -0.3 is 29.0 Å². The van der Waals surface area contributed by atoms with Gasteiger partial charge >= 0.3 is 5.97 Å². The molecule has 0 bridgehead atoms. The third kappa shape index (κ3) is 5.71. The van der Waals surface area contributed by atoms with Crippen LogP contribution in [0.3, 0.4) is 0 Å². The van der Waals surface area contributed by atoms with Crippen LogP contribution >= 0.6 is 0 Å². The molecule has 47 heavy (non-hydrogen) atoms. The molecule has 5 aromatic rings. The van der Waals surface area contributed by atoms with Gasteiger partial charge in [0.1, 0.15) is 5.56 Å². The average Bonchev–Trinajstić information content (AvgIpc) is 3.90. The van der Waals surface area contributed by atoms with E-state index in [-0.39, 0.29) is 23.5 Å². The summed E-state index contributed by atoms with van der Waals surface area (Å²) in [7, 11) is 3.73. The Bertz CT molecular complexity index is 2050. The molecule has 1 atom stereocenters. The minimum absolute atomic E-state index is 0.0956. The first-order valence-electron chi connectivity index (χ1n) is 16.1. The lowest BCUT2D eigenvalue weighted by Crippen LogP contribution is -2.47. The molecule has 1 aliphatic heterocycles. The number of methoxy groups -OCH3 is 1. The molecule has 2 fully saturated rings. The number of ether oxygens (including phenoxy) is 1. The van der Waals surface area contributed by atoms with Crippen molar-refractivity contribution < 1.29 is 19.7 Å². The molecule has 242 valence electrons. The maximum absolute atomic E-state index is 13.2. The number of aromatic carboxylic acids is 1. The normalized spacial score (nSPS) is 16.9. The number of aromatic hydroxyl groups is 1. The van der Waals surface area contributed by atoms with Crippen molar-refractivity contribution in [2.24, 2.45) is 10.2 Å². The number of pyridine rings is 1. The Labute approximate surface area is 271 Å². The highest BCUT2D eigenvalue weighted by Crippen LogP contribution is 2.43. The Kier molecular flexibility index (Phi) is 8.15. The minimum atomic E-state index is -1.22. The molecule has 0 radical (unpaired) electrons. The molecule has 11 heteroatoms. The van der Waals surface area contributed by atoms with Gasteiger partial charge in [0, 0.05) is 49.8 Å². The van der Waals surface area contributed by atoms with Crippen molar-refractivity contribution >= 4 is 44.8 Å². The molecule has 3 heterocycles. The maximum atomic E-state index is 13.2. The summed E-state index contributed by atoms with van der Waals surface area (Å²) in [6.07, 6.45) is 5.35. The van der Waals surface area contributed by atoms with E-state index in [1.165, 1.54) is 6.20 Å². The number of fused-ring (bicyclic) bond motifs is 2. The molecule has 1 saturated carbocycles. The Morgan fingerprint density at radius 1 is 1.00 bits per heavy atom. The predicted molar refractivity (Wildman–Crippen MR) is 182 cm³/mol. The van der Waals surface area contributed by atoms with Crippen LogP contribution in [0.2, 0.25) is 0 Å². The van der Waals surface area contributed by atoms with Gasteiger partial charge in [0.25, 0.3) is 0 Å². The molecule has 0 spiro atoms. The number of carbonyl (C=O) groups is 1. The number of likely N-dealkylation sites (N-methyl/N-ethyl adjacent to an activating group) is 1. The van der Waals surface area contributed by atoms with Crippen molar-refractivity contribution in [1.29, 1.82) is 0 Å². The van der Waals surface area contributed by atoms with E-state index in [1.54, 1.807) is 13.2 Å². The van der Waals surface area contributed by atoms with Crippen molar-refractivity contribution in [3.63, 3.8) is 0 Å². The topological polar surface area (TPSA) is 125 Å². The van der Waals surface area contributed by atoms with Crippen molar-refractivity contribution in [3.05, 3.63) is 88.7 Å². The first kappa shape index (κ1) is 30.5. The molecule has 1 saturated heterocycles. The lowest BCUT2D eigenvalue weighted by atomic mass is 10.0. The Morgan fingerprint density at radius 2 is 1.77 bits per heavy atom. The summed E-state index contributed by atoms with van der Waals surface area (Å²) in [5.41, 5.74) is 2.93. The number of aromatic nitrogens is 2.